The highest BCUT2D eigenvalue weighted by atomic mass is 35.5. The molecule has 112 valence electrons. The molecule has 0 radical (unpaired) electrons. The largest absolute Gasteiger partial charge is 1.00 e. The van der Waals surface area contributed by atoms with Crippen molar-refractivity contribution in [2.75, 3.05) is 19.6 Å². The summed E-state index contributed by atoms with van der Waals surface area (Å²) in [6.07, 6.45) is 0.441. The molecule has 0 amide bonds. The smallest absolute Gasteiger partial charge is 0.156 e. The molecular formula is C18H22ClNO. The lowest BCUT2D eigenvalue weighted by atomic mass is 10.0. The minimum absolute atomic E-state index is 0. The fraction of sp³-hybridized carbons (Fsp3) is 0.333. The Labute approximate surface area is 133 Å². The maximum atomic E-state index is 6.37. The highest BCUT2D eigenvalue weighted by molar-refractivity contribution is 5.30. The predicted octanol–water partition coefficient (Wildman–Crippen LogP) is -0.916. The fourth-order valence-corrected chi connectivity index (χ4v) is 2.77. The van der Waals surface area contributed by atoms with Gasteiger partial charge in [-0.15, -0.1) is 0 Å². The Morgan fingerprint density at radius 3 is 1.86 bits per heavy atom. The van der Waals surface area contributed by atoms with E-state index in [0.717, 1.165) is 13.1 Å². The van der Waals surface area contributed by atoms with Crippen LogP contribution in [-0.4, -0.2) is 25.7 Å². The second kappa shape index (κ2) is 7.60. The summed E-state index contributed by atoms with van der Waals surface area (Å²) in [4.78, 5) is 1.63. The average Bonchev–Trinajstić information content (AvgIpc) is 2.48. The highest BCUT2D eigenvalue weighted by Gasteiger charge is 2.33. The molecular weight excluding hydrogens is 282 g/mol. The van der Waals surface area contributed by atoms with Crippen LogP contribution in [0, 0.1) is 0 Å². The van der Waals surface area contributed by atoms with Crippen LogP contribution < -0.4 is 17.3 Å². The number of hydrogen-bond donors (Lipinski definition) is 1. The number of rotatable bonds is 5. The Hall–Kier alpha value is -1.35. The molecule has 0 saturated carbocycles. The van der Waals surface area contributed by atoms with Crippen LogP contribution in [0.5, 0.6) is 0 Å². The summed E-state index contributed by atoms with van der Waals surface area (Å²) in [7, 11) is 0. The van der Waals surface area contributed by atoms with Gasteiger partial charge in [-0.05, 0) is 18.1 Å². The van der Waals surface area contributed by atoms with Gasteiger partial charge in [-0.2, -0.15) is 0 Å². The number of likely N-dealkylation sites (tertiary alicyclic amines) is 1. The first kappa shape index (κ1) is 16.0. The molecule has 0 unspecified atom stereocenters. The van der Waals surface area contributed by atoms with E-state index in [1.807, 2.05) is 0 Å². The Kier molecular flexibility index (Phi) is 5.80. The molecule has 0 spiro atoms. The van der Waals surface area contributed by atoms with Gasteiger partial charge in [0.25, 0.3) is 0 Å². The molecule has 1 N–H and O–H groups in total. The number of hydrogen-bond acceptors (Lipinski definition) is 1. The third-order valence-electron chi connectivity index (χ3n) is 4.07. The van der Waals surface area contributed by atoms with Crippen molar-refractivity contribution in [1.82, 2.24) is 0 Å². The van der Waals surface area contributed by atoms with Crippen LogP contribution in [0.2, 0.25) is 0 Å². The number of halogens is 1. The Morgan fingerprint density at radius 1 is 0.952 bits per heavy atom. The van der Waals surface area contributed by atoms with Crippen molar-refractivity contribution in [2.45, 2.75) is 19.1 Å². The zero-order valence-corrected chi connectivity index (χ0v) is 13.1. The predicted molar refractivity (Wildman–Crippen MR) is 80.8 cm³/mol. The SMILES string of the molecule is CC[NH+]1CC(OC(c2ccccc2)c2ccccc2)C1.[Cl-]. The van der Waals surface area contributed by atoms with E-state index in [1.54, 1.807) is 4.90 Å². The second-order valence-electron chi connectivity index (χ2n) is 5.47. The number of ether oxygens (including phenoxy) is 1. The van der Waals surface area contributed by atoms with Crippen molar-refractivity contribution < 1.29 is 22.0 Å². The topological polar surface area (TPSA) is 13.7 Å². The standard InChI is InChI=1S/C18H21NO.ClH/c1-2-19-13-17(14-19)20-18(15-9-5-3-6-10-15)16-11-7-4-8-12-16;/h3-12,17-18H,2,13-14H2,1H3;1H. The van der Waals surface area contributed by atoms with Gasteiger partial charge in [0.1, 0.15) is 19.2 Å². The summed E-state index contributed by atoms with van der Waals surface area (Å²) in [5.41, 5.74) is 2.48. The fourth-order valence-electron chi connectivity index (χ4n) is 2.77. The van der Waals surface area contributed by atoms with Crippen LogP contribution in [0.15, 0.2) is 60.7 Å². The first-order valence-electron chi connectivity index (χ1n) is 7.45. The Balaban J connectivity index is 0.00000161. The van der Waals surface area contributed by atoms with Gasteiger partial charge in [0.05, 0.1) is 6.54 Å². The number of quaternary nitrogens is 1. The van der Waals surface area contributed by atoms with Gasteiger partial charge in [0, 0.05) is 0 Å². The molecule has 1 heterocycles. The van der Waals surface area contributed by atoms with Gasteiger partial charge in [0.2, 0.25) is 0 Å². The van der Waals surface area contributed by atoms with E-state index in [2.05, 4.69) is 67.6 Å². The van der Waals surface area contributed by atoms with Crippen LogP contribution in [-0.2, 0) is 4.74 Å². The molecule has 2 aromatic carbocycles. The van der Waals surface area contributed by atoms with Crippen LogP contribution in [0.1, 0.15) is 24.2 Å². The molecule has 1 aliphatic rings. The summed E-state index contributed by atoms with van der Waals surface area (Å²) in [6.45, 7) is 5.69. The molecule has 21 heavy (non-hydrogen) atoms. The minimum Gasteiger partial charge on any atom is -1.00 e. The lowest BCUT2D eigenvalue weighted by Crippen LogP contribution is -3.21. The normalized spacial score (nSPS) is 20.7. The molecule has 1 saturated heterocycles. The second-order valence-corrected chi connectivity index (χ2v) is 5.47. The van der Waals surface area contributed by atoms with Gasteiger partial charge in [-0.1, -0.05) is 60.7 Å². The maximum absolute atomic E-state index is 6.37. The maximum Gasteiger partial charge on any atom is 0.156 e. The zero-order valence-electron chi connectivity index (χ0n) is 12.3. The molecule has 0 bridgehead atoms. The van der Waals surface area contributed by atoms with Crippen molar-refractivity contribution in [3.63, 3.8) is 0 Å². The van der Waals surface area contributed by atoms with Crippen molar-refractivity contribution in [1.29, 1.82) is 0 Å². The highest BCUT2D eigenvalue weighted by Crippen LogP contribution is 2.27. The average molecular weight is 304 g/mol. The molecule has 3 heteroatoms. The molecule has 0 atom stereocenters. The number of likely N-dealkylation sites (N-methyl/N-ethyl adjacent to an activating group) is 1. The molecule has 0 aliphatic carbocycles. The van der Waals surface area contributed by atoms with E-state index in [9.17, 15) is 0 Å². The quantitative estimate of drug-likeness (QED) is 0.755. The van der Waals surface area contributed by atoms with E-state index in [0.29, 0.717) is 6.10 Å². The molecule has 0 aromatic heterocycles. The van der Waals surface area contributed by atoms with E-state index in [4.69, 9.17) is 4.74 Å². The first-order chi connectivity index (χ1) is 9.86. The number of nitrogens with one attached hydrogen (secondary N) is 1. The van der Waals surface area contributed by atoms with Crippen molar-refractivity contribution in [3.05, 3.63) is 71.8 Å². The lowest BCUT2D eigenvalue weighted by molar-refractivity contribution is -0.947. The molecule has 1 aliphatic heterocycles. The van der Waals surface area contributed by atoms with Gasteiger partial charge in [0.15, 0.2) is 6.10 Å². The molecule has 2 aromatic rings. The summed E-state index contributed by atoms with van der Waals surface area (Å²) >= 11 is 0. The molecule has 3 rings (SSSR count). The number of benzene rings is 2. The van der Waals surface area contributed by atoms with Gasteiger partial charge in [-0.3, -0.25) is 0 Å². The van der Waals surface area contributed by atoms with Gasteiger partial charge >= 0.3 is 0 Å². The Bertz CT molecular complexity index is 486. The molecule has 1 fully saturated rings. The third-order valence-corrected chi connectivity index (χ3v) is 4.07. The van der Waals surface area contributed by atoms with Crippen molar-refractivity contribution >= 4 is 0 Å². The summed E-state index contributed by atoms with van der Waals surface area (Å²) in [5, 5.41) is 0. The van der Waals surface area contributed by atoms with Crippen molar-refractivity contribution in [3.8, 4) is 0 Å². The van der Waals surface area contributed by atoms with Crippen LogP contribution in [0.3, 0.4) is 0 Å². The summed E-state index contributed by atoms with van der Waals surface area (Å²) < 4.78 is 6.37. The Morgan fingerprint density at radius 2 is 1.43 bits per heavy atom. The van der Waals surface area contributed by atoms with Crippen molar-refractivity contribution in [2.24, 2.45) is 0 Å². The van der Waals surface area contributed by atoms with E-state index in [1.165, 1.54) is 17.7 Å². The minimum atomic E-state index is 0. The molecule has 2 nitrogen and oxygen atoms in total. The monoisotopic (exact) mass is 303 g/mol. The summed E-state index contributed by atoms with van der Waals surface area (Å²) in [6, 6.07) is 21.1. The van der Waals surface area contributed by atoms with Crippen LogP contribution in [0.4, 0.5) is 0 Å². The third kappa shape index (κ3) is 3.85. The van der Waals surface area contributed by atoms with Crippen LogP contribution in [0.25, 0.3) is 0 Å². The van der Waals surface area contributed by atoms with Gasteiger partial charge < -0.3 is 22.0 Å². The van der Waals surface area contributed by atoms with Gasteiger partial charge in [-0.25, -0.2) is 0 Å². The van der Waals surface area contributed by atoms with E-state index >= 15 is 0 Å². The summed E-state index contributed by atoms with van der Waals surface area (Å²) in [5.74, 6) is 0. The lowest BCUT2D eigenvalue weighted by Gasteiger charge is -2.36. The first-order valence-corrected chi connectivity index (χ1v) is 7.45. The van der Waals surface area contributed by atoms with E-state index < -0.39 is 0 Å². The zero-order chi connectivity index (χ0) is 13.8. The van der Waals surface area contributed by atoms with Crippen LogP contribution >= 0.6 is 0 Å². The van der Waals surface area contributed by atoms with E-state index in [-0.39, 0.29) is 18.5 Å².